The number of carbonyl (C=O) groups is 2. The molecule has 2 amide bonds. The van der Waals surface area contributed by atoms with Gasteiger partial charge in [-0.25, -0.2) is 4.79 Å². The number of rotatable bonds is 3. The van der Waals surface area contributed by atoms with Gasteiger partial charge in [0.2, 0.25) is 5.72 Å². The summed E-state index contributed by atoms with van der Waals surface area (Å²) in [6.07, 6.45) is -5.30. The van der Waals surface area contributed by atoms with Gasteiger partial charge in [0.1, 0.15) is 5.92 Å². The summed E-state index contributed by atoms with van der Waals surface area (Å²) in [5, 5.41) is 14.8. The lowest BCUT2D eigenvalue weighted by Crippen LogP contribution is -2.72. The summed E-state index contributed by atoms with van der Waals surface area (Å²) in [6, 6.07) is 9.18. The monoisotopic (exact) mass is 454 g/mol. The van der Waals surface area contributed by atoms with Crippen molar-refractivity contribution in [3.63, 3.8) is 0 Å². The molecule has 0 spiro atoms. The zero-order chi connectivity index (χ0) is 23.2. The summed E-state index contributed by atoms with van der Waals surface area (Å²) in [4.78, 5) is 25.3. The van der Waals surface area contributed by atoms with Gasteiger partial charge in [-0.3, -0.25) is 4.79 Å². The van der Waals surface area contributed by atoms with E-state index in [2.05, 4.69) is 5.32 Å². The predicted molar refractivity (Wildman–Crippen MR) is 110 cm³/mol. The average molecular weight is 455 g/mol. The van der Waals surface area contributed by atoms with Crippen LogP contribution in [0, 0.1) is 5.92 Å². The van der Waals surface area contributed by atoms with Crippen molar-refractivity contribution in [3.05, 3.63) is 70.2 Å². The molecule has 3 atom stereocenters. The first-order valence-corrected chi connectivity index (χ1v) is 9.90. The van der Waals surface area contributed by atoms with Gasteiger partial charge in [0.25, 0.3) is 0 Å². The third kappa shape index (κ3) is 4.41. The minimum absolute atomic E-state index is 0.0775. The van der Waals surface area contributed by atoms with E-state index in [4.69, 9.17) is 11.6 Å². The lowest BCUT2D eigenvalue weighted by molar-refractivity contribution is -0.287. The topological polar surface area (TPSA) is 78.4 Å². The molecule has 2 aromatic carbocycles. The quantitative estimate of drug-likeness (QED) is 0.586. The van der Waals surface area contributed by atoms with Crippen LogP contribution in [0.4, 0.5) is 18.0 Å². The van der Waals surface area contributed by atoms with Gasteiger partial charge in [0.15, 0.2) is 5.78 Å². The largest absolute Gasteiger partial charge is 0.437 e. The fourth-order valence-corrected chi connectivity index (χ4v) is 3.73. The summed E-state index contributed by atoms with van der Waals surface area (Å²) >= 11 is 5.82. The number of urea groups is 1. The van der Waals surface area contributed by atoms with Crippen molar-refractivity contribution in [1.29, 1.82) is 0 Å². The number of hydrogen-bond acceptors (Lipinski definition) is 3. The third-order valence-electron chi connectivity index (χ3n) is 5.35. The molecule has 0 aliphatic carbocycles. The van der Waals surface area contributed by atoms with Crippen LogP contribution < -0.4 is 10.6 Å². The zero-order valence-electron chi connectivity index (χ0n) is 17.0. The molecule has 0 saturated carbocycles. The Hall–Kier alpha value is -2.58. The van der Waals surface area contributed by atoms with Crippen LogP contribution in [-0.2, 0) is 5.41 Å². The number of ketones is 1. The number of Topliss-reactive ketones (excluding diaryl/α,β-unsaturated/α-hetero) is 1. The highest BCUT2D eigenvalue weighted by atomic mass is 35.5. The Balaban J connectivity index is 2.13. The Labute approximate surface area is 182 Å². The second-order valence-corrected chi connectivity index (χ2v) is 9.00. The van der Waals surface area contributed by atoms with Crippen molar-refractivity contribution >= 4 is 23.4 Å². The summed E-state index contributed by atoms with van der Waals surface area (Å²) in [5.74, 6) is -3.07. The molecular formula is C22H22ClF3N2O3. The van der Waals surface area contributed by atoms with E-state index in [1.165, 1.54) is 29.6 Å². The van der Waals surface area contributed by atoms with Crippen LogP contribution >= 0.6 is 11.6 Å². The van der Waals surface area contributed by atoms with Crippen LogP contribution in [0.5, 0.6) is 0 Å². The van der Waals surface area contributed by atoms with Crippen molar-refractivity contribution in [1.82, 2.24) is 10.6 Å². The number of alkyl halides is 3. The first-order chi connectivity index (χ1) is 14.2. The smallest absolute Gasteiger partial charge is 0.363 e. The molecule has 3 N–H and O–H groups in total. The van der Waals surface area contributed by atoms with E-state index in [1.807, 2.05) is 20.8 Å². The van der Waals surface area contributed by atoms with E-state index in [9.17, 15) is 27.9 Å². The fourth-order valence-electron chi connectivity index (χ4n) is 3.60. The molecule has 0 radical (unpaired) electrons. The molecule has 9 heteroatoms. The van der Waals surface area contributed by atoms with Crippen molar-refractivity contribution < 1.29 is 27.9 Å². The van der Waals surface area contributed by atoms with Crippen LogP contribution in [0.3, 0.4) is 0 Å². The van der Waals surface area contributed by atoms with Gasteiger partial charge in [0, 0.05) is 10.6 Å². The highest BCUT2D eigenvalue weighted by molar-refractivity contribution is 6.30. The third-order valence-corrected chi connectivity index (χ3v) is 5.61. The maximum atomic E-state index is 13.9. The minimum Gasteiger partial charge on any atom is -0.363 e. The number of halogens is 4. The van der Waals surface area contributed by atoms with Crippen LogP contribution in [0.1, 0.15) is 48.3 Å². The molecule has 0 bridgehead atoms. The number of benzene rings is 2. The van der Waals surface area contributed by atoms with Gasteiger partial charge < -0.3 is 15.7 Å². The summed E-state index contributed by atoms with van der Waals surface area (Å²) in [7, 11) is 0. The molecule has 1 heterocycles. The van der Waals surface area contributed by atoms with E-state index in [1.54, 1.807) is 24.3 Å². The van der Waals surface area contributed by atoms with Crippen LogP contribution in [0.2, 0.25) is 5.02 Å². The molecular weight excluding hydrogens is 433 g/mol. The molecule has 2 aromatic rings. The normalized spacial score (nSPS) is 24.3. The highest BCUT2D eigenvalue weighted by Crippen LogP contribution is 2.44. The van der Waals surface area contributed by atoms with E-state index in [-0.39, 0.29) is 16.5 Å². The van der Waals surface area contributed by atoms with Crippen molar-refractivity contribution in [2.45, 2.75) is 44.1 Å². The summed E-state index contributed by atoms with van der Waals surface area (Å²) < 4.78 is 41.8. The SMILES string of the molecule is CC(C)(C)c1ccc(C2NC(=O)NC(O)(C(F)(F)F)C2C(=O)c2ccc(Cl)cc2)cc1. The Morgan fingerprint density at radius 2 is 1.58 bits per heavy atom. The number of hydrogen-bond donors (Lipinski definition) is 3. The van der Waals surface area contributed by atoms with Crippen LogP contribution in [-0.4, -0.2) is 28.8 Å². The van der Waals surface area contributed by atoms with Crippen LogP contribution in [0.25, 0.3) is 0 Å². The van der Waals surface area contributed by atoms with Crippen molar-refractivity contribution in [2.75, 3.05) is 0 Å². The van der Waals surface area contributed by atoms with Gasteiger partial charge in [-0.2, -0.15) is 13.2 Å². The number of nitrogens with one attached hydrogen (secondary N) is 2. The zero-order valence-corrected chi connectivity index (χ0v) is 17.8. The minimum atomic E-state index is -5.30. The molecule has 166 valence electrons. The lowest BCUT2D eigenvalue weighted by Gasteiger charge is -2.45. The van der Waals surface area contributed by atoms with E-state index >= 15 is 0 Å². The van der Waals surface area contributed by atoms with Gasteiger partial charge >= 0.3 is 12.2 Å². The second-order valence-electron chi connectivity index (χ2n) is 8.56. The number of amides is 2. The standard InChI is InChI=1S/C22H22ClF3N2O3/c1-20(2,3)14-8-4-12(5-9-14)17-16(18(29)13-6-10-15(23)11-7-13)21(31,22(24,25)26)28-19(30)27-17/h4-11,16-17,31H,1-3H3,(H2,27,28,30). The fraction of sp³-hybridized carbons (Fsp3) is 0.364. The van der Waals surface area contributed by atoms with Gasteiger partial charge in [0.05, 0.1) is 6.04 Å². The Morgan fingerprint density at radius 3 is 2.06 bits per heavy atom. The van der Waals surface area contributed by atoms with Crippen molar-refractivity contribution in [2.24, 2.45) is 5.92 Å². The molecule has 5 nitrogen and oxygen atoms in total. The van der Waals surface area contributed by atoms with Gasteiger partial charge in [-0.05, 0) is 40.8 Å². The first kappa shape index (κ1) is 23.1. The van der Waals surface area contributed by atoms with Gasteiger partial charge in [-0.1, -0.05) is 56.6 Å². The average Bonchev–Trinajstić information content (AvgIpc) is 2.66. The molecule has 3 rings (SSSR count). The van der Waals surface area contributed by atoms with Crippen LogP contribution in [0.15, 0.2) is 48.5 Å². The Kier molecular flexibility index (Phi) is 5.84. The Morgan fingerprint density at radius 1 is 1.03 bits per heavy atom. The number of aliphatic hydroxyl groups is 1. The highest BCUT2D eigenvalue weighted by Gasteiger charge is 2.66. The lowest BCUT2D eigenvalue weighted by atomic mass is 9.76. The predicted octanol–water partition coefficient (Wildman–Crippen LogP) is 4.74. The van der Waals surface area contributed by atoms with Gasteiger partial charge in [-0.15, -0.1) is 0 Å². The summed E-state index contributed by atoms with van der Waals surface area (Å²) in [5.41, 5.74) is -2.87. The van der Waals surface area contributed by atoms with Crippen molar-refractivity contribution in [3.8, 4) is 0 Å². The van der Waals surface area contributed by atoms with E-state index < -0.39 is 35.7 Å². The molecule has 31 heavy (non-hydrogen) atoms. The maximum absolute atomic E-state index is 13.9. The maximum Gasteiger partial charge on any atom is 0.437 e. The molecule has 1 aliphatic rings. The summed E-state index contributed by atoms with van der Waals surface area (Å²) in [6.45, 7) is 5.93. The molecule has 1 aliphatic heterocycles. The first-order valence-electron chi connectivity index (χ1n) is 9.52. The molecule has 1 saturated heterocycles. The molecule has 1 fully saturated rings. The Bertz CT molecular complexity index is 985. The van der Waals surface area contributed by atoms with E-state index in [0.717, 1.165) is 5.56 Å². The van der Waals surface area contributed by atoms with E-state index in [0.29, 0.717) is 5.02 Å². The molecule has 3 unspecified atom stereocenters. The number of carbonyl (C=O) groups excluding carboxylic acids is 2. The second kappa shape index (κ2) is 7.84. The molecule has 0 aromatic heterocycles.